The van der Waals surface area contributed by atoms with Crippen LogP contribution in [0.1, 0.15) is 16.8 Å². The van der Waals surface area contributed by atoms with Crippen LogP contribution in [0, 0.1) is 20.8 Å². The molecule has 1 amide bonds. The fourth-order valence-corrected chi connectivity index (χ4v) is 2.79. The van der Waals surface area contributed by atoms with E-state index in [0.29, 0.717) is 30.6 Å². The third-order valence-electron chi connectivity index (χ3n) is 4.36. The van der Waals surface area contributed by atoms with E-state index >= 15 is 0 Å². The van der Waals surface area contributed by atoms with E-state index in [9.17, 15) is 4.79 Å². The lowest BCUT2D eigenvalue weighted by atomic mass is 10.2. The van der Waals surface area contributed by atoms with E-state index in [-0.39, 0.29) is 12.5 Å². The molecule has 0 aliphatic carbocycles. The van der Waals surface area contributed by atoms with Gasteiger partial charge in [0.1, 0.15) is 11.6 Å². The molecule has 0 saturated carbocycles. The lowest BCUT2D eigenvalue weighted by Crippen LogP contribution is -2.33. The van der Waals surface area contributed by atoms with Crippen LogP contribution in [0.2, 0.25) is 0 Å². The molecule has 0 aliphatic heterocycles. The number of rotatable bonds is 9. The number of ether oxygens (including phenoxy) is 1. The number of aromatic nitrogens is 2. The predicted molar refractivity (Wildman–Crippen MR) is 119 cm³/mol. The molecule has 0 bridgehead atoms. The van der Waals surface area contributed by atoms with Crippen LogP contribution in [0.25, 0.3) is 0 Å². The molecule has 0 fully saturated rings. The molecule has 1 aromatic heterocycles. The van der Waals surface area contributed by atoms with Crippen molar-refractivity contribution in [3.63, 3.8) is 0 Å². The van der Waals surface area contributed by atoms with Crippen molar-refractivity contribution in [2.24, 2.45) is 0 Å². The summed E-state index contributed by atoms with van der Waals surface area (Å²) in [6.45, 7) is 6.83. The summed E-state index contributed by atoms with van der Waals surface area (Å²) in [5.74, 6) is 1.76. The van der Waals surface area contributed by atoms with Gasteiger partial charge in [-0.25, -0.2) is 4.98 Å². The molecule has 30 heavy (non-hydrogen) atoms. The van der Waals surface area contributed by atoms with Crippen LogP contribution < -0.4 is 20.7 Å². The number of aryl methyl sites for hydroxylation is 3. The highest BCUT2D eigenvalue weighted by molar-refractivity contribution is 5.77. The third-order valence-corrected chi connectivity index (χ3v) is 4.36. The first-order valence-corrected chi connectivity index (χ1v) is 9.88. The predicted octanol–water partition coefficient (Wildman–Crippen LogP) is 3.75. The molecule has 0 saturated heterocycles. The minimum absolute atomic E-state index is 0.0174. The highest BCUT2D eigenvalue weighted by Crippen LogP contribution is 2.17. The van der Waals surface area contributed by atoms with Crippen LogP contribution in [-0.4, -0.2) is 35.6 Å². The third kappa shape index (κ3) is 6.48. The maximum absolute atomic E-state index is 12.0. The second-order valence-electron chi connectivity index (χ2n) is 7.04. The first kappa shape index (κ1) is 21.1. The van der Waals surface area contributed by atoms with Gasteiger partial charge in [0.25, 0.3) is 5.91 Å². The molecule has 0 unspecified atom stereocenters. The van der Waals surface area contributed by atoms with Gasteiger partial charge in [0.15, 0.2) is 6.61 Å². The van der Waals surface area contributed by atoms with Gasteiger partial charge in [-0.15, -0.1) is 0 Å². The summed E-state index contributed by atoms with van der Waals surface area (Å²) in [5.41, 5.74) is 4.01. The Hall–Kier alpha value is -3.61. The molecular weight excluding hydrogens is 378 g/mol. The molecule has 0 spiro atoms. The number of anilines is 3. The Bertz CT molecular complexity index is 989. The zero-order valence-corrected chi connectivity index (χ0v) is 17.5. The summed E-state index contributed by atoms with van der Waals surface area (Å²) >= 11 is 0. The number of carbonyl (C=O) groups is 1. The number of hydrogen-bond donors (Lipinski definition) is 3. The Kier molecular flexibility index (Phi) is 7.21. The summed E-state index contributed by atoms with van der Waals surface area (Å²) < 4.78 is 5.54. The molecule has 0 atom stereocenters. The second kappa shape index (κ2) is 10.2. The zero-order chi connectivity index (χ0) is 21.3. The first-order chi connectivity index (χ1) is 14.5. The SMILES string of the molecule is Cc1ccc(Nc2cc(C)nc(NCCNC(=O)COc3ccccc3C)n2)cc1. The minimum Gasteiger partial charge on any atom is -0.484 e. The molecule has 3 rings (SSSR count). The molecule has 2 aromatic carbocycles. The molecule has 1 heterocycles. The van der Waals surface area contributed by atoms with Crippen LogP contribution in [0.15, 0.2) is 54.6 Å². The van der Waals surface area contributed by atoms with Gasteiger partial charge in [-0.1, -0.05) is 35.9 Å². The number of benzene rings is 2. The van der Waals surface area contributed by atoms with Gasteiger partial charge in [-0.3, -0.25) is 4.79 Å². The van der Waals surface area contributed by atoms with Gasteiger partial charge >= 0.3 is 0 Å². The lowest BCUT2D eigenvalue weighted by Gasteiger charge is -2.11. The Morgan fingerprint density at radius 1 is 0.967 bits per heavy atom. The van der Waals surface area contributed by atoms with E-state index in [2.05, 4.69) is 25.9 Å². The summed E-state index contributed by atoms with van der Waals surface area (Å²) in [6, 6.07) is 17.6. The van der Waals surface area contributed by atoms with Crippen molar-refractivity contribution in [1.29, 1.82) is 0 Å². The average molecular weight is 406 g/mol. The van der Waals surface area contributed by atoms with Gasteiger partial charge in [-0.2, -0.15) is 4.98 Å². The van der Waals surface area contributed by atoms with Crippen molar-refractivity contribution in [2.75, 3.05) is 30.3 Å². The van der Waals surface area contributed by atoms with E-state index in [1.807, 2.05) is 75.4 Å². The van der Waals surface area contributed by atoms with Crippen LogP contribution >= 0.6 is 0 Å². The summed E-state index contributed by atoms with van der Waals surface area (Å²) in [6.07, 6.45) is 0. The van der Waals surface area contributed by atoms with E-state index in [1.165, 1.54) is 5.56 Å². The molecule has 3 aromatic rings. The van der Waals surface area contributed by atoms with Gasteiger partial charge in [-0.05, 0) is 44.5 Å². The first-order valence-electron chi connectivity index (χ1n) is 9.88. The number of nitrogens with one attached hydrogen (secondary N) is 3. The quantitative estimate of drug-likeness (QED) is 0.470. The number of amides is 1. The van der Waals surface area contributed by atoms with Crippen LogP contribution in [0.3, 0.4) is 0 Å². The Morgan fingerprint density at radius 2 is 1.73 bits per heavy atom. The molecule has 0 aliphatic rings. The molecule has 3 N–H and O–H groups in total. The van der Waals surface area contributed by atoms with E-state index in [4.69, 9.17) is 4.74 Å². The summed E-state index contributed by atoms with van der Waals surface area (Å²) in [5, 5.41) is 9.24. The molecule has 7 heteroatoms. The van der Waals surface area contributed by atoms with E-state index < -0.39 is 0 Å². The fourth-order valence-electron chi connectivity index (χ4n) is 2.79. The molecule has 156 valence electrons. The normalized spacial score (nSPS) is 10.4. The van der Waals surface area contributed by atoms with E-state index in [0.717, 1.165) is 16.9 Å². The Morgan fingerprint density at radius 3 is 2.50 bits per heavy atom. The second-order valence-corrected chi connectivity index (χ2v) is 7.04. The number of nitrogens with zero attached hydrogens (tertiary/aromatic N) is 2. The number of carbonyl (C=O) groups excluding carboxylic acids is 1. The minimum atomic E-state index is -0.174. The van der Waals surface area contributed by atoms with Crippen molar-refractivity contribution < 1.29 is 9.53 Å². The average Bonchev–Trinajstić information content (AvgIpc) is 2.72. The van der Waals surface area contributed by atoms with Crippen LogP contribution in [-0.2, 0) is 4.79 Å². The summed E-state index contributed by atoms with van der Waals surface area (Å²) in [7, 11) is 0. The smallest absolute Gasteiger partial charge is 0.258 e. The molecule has 0 radical (unpaired) electrons. The Labute approximate surface area is 176 Å². The maximum atomic E-state index is 12.0. The fraction of sp³-hybridized carbons (Fsp3) is 0.261. The van der Waals surface area contributed by atoms with E-state index in [1.54, 1.807) is 0 Å². The van der Waals surface area contributed by atoms with Crippen molar-refractivity contribution in [3.05, 3.63) is 71.4 Å². The zero-order valence-electron chi connectivity index (χ0n) is 17.5. The topological polar surface area (TPSA) is 88.2 Å². The highest BCUT2D eigenvalue weighted by atomic mass is 16.5. The van der Waals surface area contributed by atoms with Crippen molar-refractivity contribution in [3.8, 4) is 5.75 Å². The van der Waals surface area contributed by atoms with Crippen molar-refractivity contribution in [1.82, 2.24) is 15.3 Å². The summed E-state index contributed by atoms with van der Waals surface area (Å²) in [4.78, 5) is 20.8. The van der Waals surface area contributed by atoms with Gasteiger partial charge < -0.3 is 20.7 Å². The standard InChI is InChI=1S/C23H27N5O2/c1-16-8-10-19(11-9-16)27-21-14-18(3)26-23(28-21)25-13-12-24-22(29)15-30-20-7-5-4-6-17(20)2/h4-11,14H,12-13,15H2,1-3H3,(H,24,29)(H2,25,26,27,28). The van der Waals surface area contributed by atoms with Crippen LogP contribution in [0.5, 0.6) is 5.75 Å². The van der Waals surface area contributed by atoms with Crippen molar-refractivity contribution in [2.45, 2.75) is 20.8 Å². The molecular formula is C23H27N5O2. The van der Waals surface area contributed by atoms with Gasteiger partial charge in [0.2, 0.25) is 5.95 Å². The maximum Gasteiger partial charge on any atom is 0.258 e. The Balaban J connectivity index is 1.44. The monoisotopic (exact) mass is 405 g/mol. The van der Waals surface area contributed by atoms with Crippen molar-refractivity contribution >= 4 is 23.4 Å². The van der Waals surface area contributed by atoms with Crippen LogP contribution in [0.4, 0.5) is 17.5 Å². The lowest BCUT2D eigenvalue weighted by molar-refractivity contribution is -0.123. The highest BCUT2D eigenvalue weighted by Gasteiger charge is 2.05. The van der Waals surface area contributed by atoms with Gasteiger partial charge in [0.05, 0.1) is 0 Å². The molecule has 7 nitrogen and oxygen atoms in total. The largest absolute Gasteiger partial charge is 0.484 e. The number of hydrogen-bond acceptors (Lipinski definition) is 6. The number of para-hydroxylation sites is 1. The van der Waals surface area contributed by atoms with Gasteiger partial charge in [0, 0.05) is 30.5 Å².